The molecule has 0 aliphatic heterocycles. The molecule has 1 unspecified atom stereocenters. The first-order valence-corrected chi connectivity index (χ1v) is 8.76. The lowest BCUT2D eigenvalue weighted by Crippen LogP contribution is -2.41. The molecule has 1 saturated carbocycles. The van der Waals surface area contributed by atoms with Gasteiger partial charge in [-0.15, -0.1) is 0 Å². The number of aliphatic hydroxyl groups excluding tert-OH is 1. The number of carbonyl (C=O) groups is 1. The summed E-state index contributed by atoms with van der Waals surface area (Å²) in [5, 5.41) is 12.7. The van der Waals surface area contributed by atoms with Crippen LogP contribution in [0, 0.1) is 11.7 Å². The minimum absolute atomic E-state index is 0.0584. The number of nitrogens with zero attached hydrogens (tertiary/aromatic N) is 1. The number of benzene rings is 1. The second-order valence-corrected chi connectivity index (χ2v) is 6.68. The normalized spacial score (nSPS) is 20.1. The van der Waals surface area contributed by atoms with Gasteiger partial charge in [0.2, 0.25) is 5.91 Å². The molecule has 1 aromatic heterocycles. The van der Waals surface area contributed by atoms with Crippen LogP contribution in [0.25, 0.3) is 0 Å². The van der Waals surface area contributed by atoms with Crippen molar-refractivity contribution in [1.82, 2.24) is 10.3 Å². The number of aliphatic hydroxyl groups is 1. The van der Waals surface area contributed by atoms with Crippen LogP contribution in [-0.4, -0.2) is 29.2 Å². The summed E-state index contributed by atoms with van der Waals surface area (Å²) in [7, 11) is 1.52. The smallest absolute Gasteiger partial charge is 0.220 e. The summed E-state index contributed by atoms with van der Waals surface area (Å²) in [6.07, 6.45) is 5.12. The summed E-state index contributed by atoms with van der Waals surface area (Å²) >= 11 is 0. The minimum atomic E-state index is -0.384. The summed E-state index contributed by atoms with van der Waals surface area (Å²) in [6, 6.07) is 7.67. The van der Waals surface area contributed by atoms with E-state index in [0.717, 1.165) is 5.56 Å². The second-order valence-electron chi connectivity index (χ2n) is 6.68. The van der Waals surface area contributed by atoms with Crippen molar-refractivity contribution in [3.8, 4) is 5.75 Å². The van der Waals surface area contributed by atoms with E-state index < -0.39 is 0 Å². The van der Waals surface area contributed by atoms with Gasteiger partial charge in [0.05, 0.1) is 19.3 Å². The number of hydrogen-bond acceptors (Lipinski definition) is 4. The average molecular weight is 358 g/mol. The van der Waals surface area contributed by atoms with Crippen molar-refractivity contribution in [2.24, 2.45) is 5.92 Å². The number of halogens is 1. The zero-order valence-corrected chi connectivity index (χ0v) is 14.7. The highest BCUT2D eigenvalue weighted by Gasteiger charge is 2.37. The molecular weight excluding hydrogens is 335 g/mol. The third kappa shape index (κ3) is 4.38. The predicted octanol–water partition coefficient (Wildman–Crippen LogP) is 2.79. The summed E-state index contributed by atoms with van der Waals surface area (Å²) in [6.45, 7) is 0. The van der Waals surface area contributed by atoms with E-state index in [0.29, 0.717) is 37.0 Å². The number of nitrogens with one attached hydrogen (secondary N) is 1. The highest BCUT2D eigenvalue weighted by Crippen LogP contribution is 2.41. The van der Waals surface area contributed by atoms with Crippen molar-refractivity contribution in [2.45, 2.75) is 37.8 Å². The quantitative estimate of drug-likeness (QED) is 0.798. The maximum Gasteiger partial charge on any atom is 0.220 e. The molecule has 2 N–H and O–H groups in total. The van der Waals surface area contributed by atoms with Gasteiger partial charge >= 0.3 is 0 Å². The number of hydrogen-bond donors (Lipinski definition) is 2. The molecular formula is C20H23FN2O3. The van der Waals surface area contributed by atoms with Gasteiger partial charge in [-0.2, -0.15) is 0 Å². The number of ether oxygens (including phenoxy) is 1. The van der Waals surface area contributed by atoms with Gasteiger partial charge in [-0.3, -0.25) is 9.78 Å². The first-order chi connectivity index (χ1) is 12.6. The van der Waals surface area contributed by atoms with Crippen LogP contribution in [-0.2, 0) is 11.2 Å². The van der Waals surface area contributed by atoms with E-state index in [-0.39, 0.29) is 29.8 Å². The molecule has 6 heteroatoms. The van der Waals surface area contributed by atoms with Gasteiger partial charge in [0.1, 0.15) is 11.6 Å². The molecule has 1 fully saturated rings. The SMILES string of the molecule is COc1ccc(F)cc1C(NC(=O)CCc1cccnc1)C1CC(O)C1. The molecule has 1 aliphatic carbocycles. The van der Waals surface area contributed by atoms with Gasteiger partial charge in [-0.05, 0) is 55.0 Å². The molecule has 1 amide bonds. The Kier molecular flexibility index (Phi) is 5.83. The molecule has 26 heavy (non-hydrogen) atoms. The zero-order chi connectivity index (χ0) is 18.5. The standard InChI is InChI=1S/C20H23FN2O3/c1-26-18-6-5-15(21)11-17(18)20(14-9-16(24)10-14)23-19(25)7-4-13-3-2-8-22-12-13/h2-3,5-6,8,11-12,14,16,20,24H,4,7,9-10H2,1H3,(H,23,25). The molecule has 138 valence electrons. The lowest BCUT2D eigenvalue weighted by Gasteiger charge is -2.38. The molecule has 5 nitrogen and oxygen atoms in total. The highest BCUT2D eigenvalue weighted by atomic mass is 19.1. The van der Waals surface area contributed by atoms with Crippen molar-refractivity contribution in [3.63, 3.8) is 0 Å². The Morgan fingerprint density at radius 2 is 2.23 bits per heavy atom. The summed E-state index contributed by atoms with van der Waals surface area (Å²) < 4.78 is 19.1. The van der Waals surface area contributed by atoms with Crippen LogP contribution in [0.4, 0.5) is 4.39 Å². The van der Waals surface area contributed by atoms with Gasteiger partial charge < -0.3 is 15.2 Å². The van der Waals surface area contributed by atoms with Crippen LogP contribution in [0.3, 0.4) is 0 Å². The Morgan fingerprint density at radius 3 is 2.88 bits per heavy atom. The van der Waals surface area contributed by atoms with Crippen molar-refractivity contribution >= 4 is 5.91 Å². The number of methoxy groups -OCH3 is 1. The van der Waals surface area contributed by atoms with E-state index in [1.807, 2.05) is 12.1 Å². The van der Waals surface area contributed by atoms with Crippen LogP contribution in [0.1, 0.15) is 36.4 Å². The van der Waals surface area contributed by atoms with Gasteiger partial charge in [-0.1, -0.05) is 6.07 Å². The largest absolute Gasteiger partial charge is 0.496 e. The van der Waals surface area contributed by atoms with Gasteiger partial charge in [0.15, 0.2) is 0 Å². The number of amides is 1. The lowest BCUT2D eigenvalue weighted by molar-refractivity contribution is -0.123. The Morgan fingerprint density at radius 1 is 1.42 bits per heavy atom. The van der Waals surface area contributed by atoms with Crippen LogP contribution in [0.2, 0.25) is 0 Å². The lowest BCUT2D eigenvalue weighted by atomic mass is 9.74. The topological polar surface area (TPSA) is 71.5 Å². The summed E-state index contributed by atoms with van der Waals surface area (Å²) in [5.41, 5.74) is 1.60. The van der Waals surface area contributed by atoms with E-state index in [9.17, 15) is 14.3 Å². The van der Waals surface area contributed by atoms with Crippen molar-refractivity contribution < 1.29 is 19.0 Å². The number of carbonyl (C=O) groups excluding carboxylic acids is 1. The molecule has 0 radical (unpaired) electrons. The Labute approximate surface area is 152 Å². The number of pyridine rings is 1. The number of aromatic nitrogens is 1. The van der Waals surface area contributed by atoms with Crippen molar-refractivity contribution in [2.75, 3.05) is 7.11 Å². The Bertz CT molecular complexity index is 748. The molecule has 0 bridgehead atoms. The van der Waals surface area contributed by atoms with Crippen molar-refractivity contribution in [3.05, 3.63) is 59.7 Å². The minimum Gasteiger partial charge on any atom is -0.496 e. The fourth-order valence-electron chi connectivity index (χ4n) is 3.35. The van der Waals surface area contributed by atoms with Crippen molar-refractivity contribution in [1.29, 1.82) is 0 Å². The first-order valence-electron chi connectivity index (χ1n) is 8.76. The second kappa shape index (κ2) is 8.27. The average Bonchev–Trinajstić information content (AvgIpc) is 2.63. The maximum atomic E-state index is 13.8. The molecule has 2 aromatic rings. The highest BCUT2D eigenvalue weighted by molar-refractivity contribution is 5.77. The number of aryl methyl sites for hydroxylation is 1. The third-order valence-electron chi connectivity index (χ3n) is 4.83. The van der Waals surface area contributed by atoms with Crippen LogP contribution < -0.4 is 10.1 Å². The van der Waals surface area contributed by atoms with E-state index >= 15 is 0 Å². The zero-order valence-electron chi connectivity index (χ0n) is 14.7. The molecule has 1 aromatic carbocycles. The number of rotatable bonds is 7. The van der Waals surface area contributed by atoms with Gasteiger partial charge in [0, 0.05) is 24.4 Å². The van der Waals surface area contributed by atoms with Gasteiger partial charge in [-0.25, -0.2) is 4.39 Å². The molecule has 1 heterocycles. The summed E-state index contributed by atoms with van der Waals surface area (Å²) in [5.74, 6) is 0.0928. The van der Waals surface area contributed by atoms with Crippen LogP contribution in [0.5, 0.6) is 5.75 Å². The molecule has 0 spiro atoms. The first kappa shape index (κ1) is 18.3. The molecule has 0 saturated heterocycles. The summed E-state index contributed by atoms with van der Waals surface area (Å²) in [4.78, 5) is 16.5. The molecule has 1 aliphatic rings. The fraction of sp³-hybridized carbons (Fsp3) is 0.400. The van der Waals surface area contributed by atoms with E-state index in [4.69, 9.17) is 4.74 Å². The van der Waals surface area contributed by atoms with Crippen LogP contribution in [0.15, 0.2) is 42.7 Å². The molecule has 1 atom stereocenters. The third-order valence-corrected chi connectivity index (χ3v) is 4.83. The van der Waals surface area contributed by atoms with Gasteiger partial charge in [0.25, 0.3) is 0 Å². The monoisotopic (exact) mass is 358 g/mol. The Balaban J connectivity index is 1.72. The molecule has 3 rings (SSSR count). The predicted molar refractivity (Wildman–Crippen MR) is 95.1 cm³/mol. The van der Waals surface area contributed by atoms with E-state index in [2.05, 4.69) is 10.3 Å². The van der Waals surface area contributed by atoms with E-state index in [1.165, 1.54) is 19.2 Å². The Hall–Kier alpha value is -2.47. The van der Waals surface area contributed by atoms with E-state index in [1.54, 1.807) is 18.5 Å². The maximum absolute atomic E-state index is 13.8. The van der Waals surface area contributed by atoms with Crippen LogP contribution >= 0.6 is 0 Å². The fourth-order valence-corrected chi connectivity index (χ4v) is 3.35.